The Morgan fingerprint density at radius 1 is 0.913 bits per heavy atom. The molecule has 1 N–H and O–H groups in total. The predicted octanol–water partition coefficient (Wildman–Crippen LogP) is 6.86. The van der Waals surface area contributed by atoms with Gasteiger partial charge in [0.05, 0.1) is 17.7 Å². The van der Waals surface area contributed by atoms with Crippen LogP contribution in [0.3, 0.4) is 0 Å². The number of anilines is 1. The molecule has 2 atom stereocenters. The van der Waals surface area contributed by atoms with E-state index in [1.165, 1.54) is 30.2 Å². The van der Waals surface area contributed by atoms with Gasteiger partial charge in [-0.1, -0.05) is 95.1 Å². The van der Waals surface area contributed by atoms with Gasteiger partial charge in [-0.15, -0.1) is 0 Å². The minimum Gasteiger partial charge on any atom is -0.495 e. The second-order valence-electron chi connectivity index (χ2n) is 10.8. The van der Waals surface area contributed by atoms with Crippen molar-refractivity contribution in [2.75, 3.05) is 18.0 Å². The third kappa shape index (κ3) is 8.90. The number of sulfonamides is 1. The maximum atomic E-state index is 14.6. The summed E-state index contributed by atoms with van der Waals surface area (Å²) in [6.07, 6.45) is 0.913. The molecule has 8 nitrogen and oxygen atoms in total. The van der Waals surface area contributed by atoms with E-state index in [-0.39, 0.29) is 46.3 Å². The monoisotopic (exact) mass is 725 g/mol. The van der Waals surface area contributed by atoms with Crippen LogP contribution in [0, 0.1) is 0 Å². The first-order valence-corrected chi connectivity index (χ1v) is 17.4. The number of halogens is 2. The maximum absolute atomic E-state index is 14.6. The third-order valence-electron chi connectivity index (χ3n) is 7.53. The van der Waals surface area contributed by atoms with Crippen LogP contribution in [0.15, 0.2) is 112 Å². The SMILES string of the molecule is CC[C@@H](C)NC(=O)[C@H](Cc1ccccc1)N(Cc1cccc(Br)c1)C(=O)CN(c1cc(Cl)ccc1OC)S(=O)(=O)c1ccccc1. The smallest absolute Gasteiger partial charge is 0.264 e. The number of amides is 2. The molecule has 0 bridgehead atoms. The topological polar surface area (TPSA) is 96.0 Å². The Hall–Kier alpha value is -3.86. The second-order valence-corrected chi connectivity index (χ2v) is 14.0. The minimum absolute atomic E-state index is 0.0151. The number of hydrogen-bond acceptors (Lipinski definition) is 5. The minimum atomic E-state index is -4.30. The molecule has 0 spiro atoms. The average Bonchev–Trinajstić information content (AvgIpc) is 3.05. The fourth-order valence-corrected chi connectivity index (χ4v) is 6.97. The number of nitrogens with one attached hydrogen (secondary N) is 1. The number of ether oxygens (including phenoxy) is 1. The summed E-state index contributed by atoms with van der Waals surface area (Å²) in [7, 11) is -2.89. The molecule has 0 aliphatic carbocycles. The van der Waals surface area contributed by atoms with Gasteiger partial charge in [0, 0.05) is 28.5 Å². The fraction of sp³-hybridized carbons (Fsp3) is 0.257. The van der Waals surface area contributed by atoms with Crippen molar-refractivity contribution in [3.05, 3.63) is 124 Å². The largest absolute Gasteiger partial charge is 0.495 e. The number of hydrogen-bond donors (Lipinski definition) is 1. The van der Waals surface area contributed by atoms with Gasteiger partial charge in [0.15, 0.2) is 0 Å². The quantitative estimate of drug-likeness (QED) is 0.153. The van der Waals surface area contributed by atoms with E-state index in [1.54, 1.807) is 30.3 Å². The van der Waals surface area contributed by atoms with E-state index < -0.39 is 28.5 Å². The van der Waals surface area contributed by atoms with Crippen LogP contribution in [0.5, 0.6) is 5.75 Å². The summed E-state index contributed by atoms with van der Waals surface area (Å²) in [5.74, 6) is -0.702. The molecule has 0 heterocycles. The second kappa shape index (κ2) is 16.1. The van der Waals surface area contributed by atoms with E-state index >= 15 is 0 Å². The molecule has 0 radical (unpaired) electrons. The number of rotatable bonds is 14. The predicted molar refractivity (Wildman–Crippen MR) is 185 cm³/mol. The first-order valence-electron chi connectivity index (χ1n) is 14.8. The highest BCUT2D eigenvalue weighted by atomic mass is 79.9. The Morgan fingerprint density at radius 2 is 1.57 bits per heavy atom. The van der Waals surface area contributed by atoms with Gasteiger partial charge in [-0.2, -0.15) is 0 Å². The van der Waals surface area contributed by atoms with Gasteiger partial charge in [-0.05, 0) is 66.9 Å². The van der Waals surface area contributed by atoms with Gasteiger partial charge in [-0.25, -0.2) is 8.42 Å². The molecular formula is C35H37BrClN3O5S. The lowest BCUT2D eigenvalue weighted by Crippen LogP contribution is -2.54. The van der Waals surface area contributed by atoms with E-state index in [0.717, 1.165) is 19.9 Å². The highest BCUT2D eigenvalue weighted by Gasteiger charge is 2.36. The normalized spacial score (nSPS) is 12.5. The number of nitrogens with zero attached hydrogens (tertiary/aromatic N) is 2. The van der Waals surface area contributed by atoms with Crippen molar-refractivity contribution in [3.8, 4) is 5.75 Å². The Bertz CT molecular complexity index is 1740. The molecule has 0 aliphatic heterocycles. The van der Waals surface area contributed by atoms with E-state index in [2.05, 4.69) is 21.2 Å². The molecule has 4 aromatic rings. The van der Waals surface area contributed by atoms with Gasteiger partial charge >= 0.3 is 0 Å². The van der Waals surface area contributed by atoms with Crippen LogP contribution in [-0.4, -0.2) is 50.9 Å². The summed E-state index contributed by atoms with van der Waals surface area (Å²) >= 11 is 9.85. The standard InChI is InChI=1S/C35H37BrClN3O5S/c1-4-25(2)38-35(42)32(21-26-12-7-5-8-13-26)39(23-27-14-11-15-28(36)20-27)34(41)24-40(31-22-29(37)18-19-33(31)45-3)46(43,44)30-16-9-6-10-17-30/h5-20,22,25,32H,4,21,23-24H2,1-3H3,(H,38,42)/t25-,32+/m1/s1. The van der Waals surface area contributed by atoms with Crippen LogP contribution in [-0.2, 0) is 32.6 Å². The van der Waals surface area contributed by atoms with Gasteiger partial charge in [0.2, 0.25) is 11.8 Å². The lowest BCUT2D eigenvalue weighted by molar-refractivity contribution is -0.140. The van der Waals surface area contributed by atoms with Crippen LogP contribution < -0.4 is 14.4 Å². The van der Waals surface area contributed by atoms with Crippen LogP contribution in [0.2, 0.25) is 5.02 Å². The molecule has 242 valence electrons. The highest BCUT2D eigenvalue weighted by Crippen LogP contribution is 2.35. The lowest BCUT2D eigenvalue weighted by Gasteiger charge is -2.34. The van der Waals surface area contributed by atoms with Crippen LogP contribution >= 0.6 is 27.5 Å². The Labute approximate surface area is 284 Å². The van der Waals surface area contributed by atoms with Gasteiger partial charge in [-0.3, -0.25) is 13.9 Å². The van der Waals surface area contributed by atoms with Crippen molar-refractivity contribution < 1.29 is 22.7 Å². The first kappa shape index (κ1) is 35.0. The van der Waals surface area contributed by atoms with Crippen molar-refractivity contribution in [1.29, 1.82) is 0 Å². The van der Waals surface area contributed by atoms with E-state index in [1.807, 2.05) is 68.4 Å². The molecule has 2 amide bonds. The van der Waals surface area contributed by atoms with Crippen LogP contribution in [0.4, 0.5) is 5.69 Å². The first-order chi connectivity index (χ1) is 22.0. The van der Waals surface area contributed by atoms with Gasteiger partial charge in [0.25, 0.3) is 10.0 Å². The molecule has 4 aromatic carbocycles. The molecule has 0 saturated heterocycles. The molecule has 46 heavy (non-hydrogen) atoms. The zero-order chi connectivity index (χ0) is 33.3. The highest BCUT2D eigenvalue weighted by molar-refractivity contribution is 9.10. The summed E-state index contributed by atoms with van der Waals surface area (Å²) in [5, 5.41) is 3.30. The molecule has 4 rings (SSSR count). The summed E-state index contributed by atoms with van der Waals surface area (Å²) in [6, 6.07) is 28.2. The number of carbonyl (C=O) groups is 2. The van der Waals surface area contributed by atoms with Crippen molar-refractivity contribution in [3.63, 3.8) is 0 Å². The van der Waals surface area contributed by atoms with E-state index in [9.17, 15) is 18.0 Å². The molecular weight excluding hydrogens is 690 g/mol. The zero-order valence-corrected chi connectivity index (χ0v) is 29.1. The van der Waals surface area contributed by atoms with E-state index in [4.69, 9.17) is 16.3 Å². The Balaban J connectivity index is 1.85. The molecule has 11 heteroatoms. The van der Waals surface area contributed by atoms with E-state index in [0.29, 0.717) is 6.42 Å². The molecule has 0 saturated carbocycles. The summed E-state index contributed by atoms with van der Waals surface area (Å²) in [5.41, 5.74) is 1.71. The maximum Gasteiger partial charge on any atom is 0.264 e. The average molecular weight is 727 g/mol. The molecule has 0 aromatic heterocycles. The molecule has 0 unspecified atom stereocenters. The molecule has 0 aliphatic rings. The summed E-state index contributed by atoms with van der Waals surface area (Å²) in [4.78, 5) is 30.0. The summed E-state index contributed by atoms with van der Waals surface area (Å²) in [6.45, 7) is 3.29. The van der Waals surface area contributed by atoms with Crippen molar-refractivity contribution in [2.24, 2.45) is 0 Å². The number of methoxy groups -OCH3 is 1. The van der Waals surface area contributed by atoms with Gasteiger partial charge in [0.1, 0.15) is 18.3 Å². The summed E-state index contributed by atoms with van der Waals surface area (Å²) < 4.78 is 35.8. The van der Waals surface area contributed by atoms with Crippen molar-refractivity contribution in [1.82, 2.24) is 10.2 Å². The third-order valence-corrected chi connectivity index (χ3v) is 10.0. The lowest BCUT2D eigenvalue weighted by atomic mass is 10.0. The number of benzene rings is 4. The number of carbonyl (C=O) groups excluding carboxylic acids is 2. The van der Waals surface area contributed by atoms with Gasteiger partial charge < -0.3 is 15.0 Å². The van der Waals surface area contributed by atoms with Crippen LogP contribution in [0.1, 0.15) is 31.4 Å². The zero-order valence-electron chi connectivity index (χ0n) is 25.9. The van der Waals surface area contributed by atoms with Crippen molar-refractivity contribution >= 4 is 55.1 Å². The van der Waals surface area contributed by atoms with Crippen molar-refractivity contribution in [2.45, 2.75) is 50.2 Å². The Kier molecular flexibility index (Phi) is 12.3. The Morgan fingerprint density at radius 3 is 2.20 bits per heavy atom. The molecule has 0 fully saturated rings. The van der Waals surface area contributed by atoms with Crippen LogP contribution in [0.25, 0.3) is 0 Å². The fourth-order valence-electron chi connectivity index (χ4n) is 4.92.